The summed E-state index contributed by atoms with van der Waals surface area (Å²) in [4.78, 5) is 7.58. The van der Waals surface area contributed by atoms with Crippen molar-refractivity contribution in [3.8, 4) is 5.75 Å². The van der Waals surface area contributed by atoms with Gasteiger partial charge in [-0.1, -0.05) is 17.7 Å². The average molecular weight is 535 g/mol. The maximum absolute atomic E-state index is 12.5. The van der Waals surface area contributed by atoms with Gasteiger partial charge in [-0.15, -0.1) is 35.3 Å². The van der Waals surface area contributed by atoms with Gasteiger partial charge in [0.15, 0.2) is 11.7 Å². The molecule has 1 aromatic heterocycles. The molecule has 150 valence electrons. The summed E-state index contributed by atoms with van der Waals surface area (Å²) in [6, 6.07) is 7.06. The second-order valence-corrected chi connectivity index (χ2v) is 6.70. The molecule has 0 aliphatic rings. The molecule has 0 saturated heterocycles. The van der Waals surface area contributed by atoms with Crippen molar-refractivity contribution in [1.29, 1.82) is 0 Å². The lowest BCUT2D eigenvalue weighted by atomic mass is 10.3. The molecule has 1 atom stereocenters. The van der Waals surface area contributed by atoms with Crippen molar-refractivity contribution >= 4 is 52.9 Å². The van der Waals surface area contributed by atoms with Crippen LogP contribution in [0.5, 0.6) is 5.75 Å². The molecule has 5 nitrogen and oxygen atoms in total. The van der Waals surface area contributed by atoms with Crippen LogP contribution in [0.25, 0.3) is 0 Å². The molecule has 0 aliphatic carbocycles. The largest absolute Gasteiger partial charge is 0.489 e. The number of ether oxygens (including phenoxy) is 1. The number of nitrogens with zero attached hydrogens (tertiary/aromatic N) is 2. The van der Waals surface area contributed by atoms with Gasteiger partial charge in [-0.2, -0.15) is 13.2 Å². The van der Waals surface area contributed by atoms with Crippen LogP contribution < -0.4 is 15.4 Å². The van der Waals surface area contributed by atoms with Gasteiger partial charge in [0.05, 0.1) is 13.1 Å². The molecule has 0 fully saturated rings. The summed E-state index contributed by atoms with van der Waals surface area (Å²) in [6.07, 6.45) is -4.61. The van der Waals surface area contributed by atoms with E-state index < -0.39 is 11.9 Å². The molecule has 0 bridgehead atoms. The predicted octanol–water partition coefficient (Wildman–Crippen LogP) is 4.57. The molecule has 2 aromatic rings. The highest BCUT2D eigenvalue weighted by Crippen LogP contribution is 2.29. The van der Waals surface area contributed by atoms with E-state index in [1.54, 1.807) is 31.3 Å². The fraction of sp³-hybridized carbons (Fsp3) is 0.375. The Kier molecular flexibility index (Phi) is 9.60. The Balaban J connectivity index is 0.00000364. The van der Waals surface area contributed by atoms with Gasteiger partial charge in [0.1, 0.15) is 16.9 Å². The van der Waals surface area contributed by atoms with Gasteiger partial charge >= 0.3 is 6.18 Å². The van der Waals surface area contributed by atoms with Gasteiger partial charge in [0.25, 0.3) is 0 Å². The number of alkyl halides is 3. The molecule has 0 amide bonds. The molecule has 0 spiro atoms. The molecular formula is C16H19ClF3IN4OS. The van der Waals surface area contributed by atoms with Crippen LogP contribution in [0.1, 0.15) is 17.6 Å². The van der Waals surface area contributed by atoms with Crippen molar-refractivity contribution in [2.75, 3.05) is 13.6 Å². The minimum atomic E-state index is -4.43. The Morgan fingerprint density at radius 1 is 1.37 bits per heavy atom. The predicted molar refractivity (Wildman–Crippen MR) is 112 cm³/mol. The molecule has 0 radical (unpaired) electrons. The first-order chi connectivity index (χ1) is 12.3. The Labute approximate surface area is 181 Å². The fourth-order valence-electron chi connectivity index (χ4n) is 1.96. The Bertz CT molecular complexity index is 757. The lowest BCUT2D eigenvalue weighted by Crippen LogP contribution is -2.41. The zero-order valence-electron chi connectivity index (χ0n) is 14.5. The summed E-state index contributed by atoms with van der Waals surface area (Å²) in [5, 5.41) is 7.87. The van der Waals surface area contributed by atoms with E-state index in [0.29, 0.717) is 28.3 Å². The number of hydrogen-bond donors (Lipinski definition) is 2. The van der Waals surface area contributed by atoms with Crippen molar-refractivity contribution in [3.63, 3.8) is 0 Å². The summed E-state index contributed by atoms with van der Waals surface area (Å²) < 4.78 is 43.4. The number of rotatable bonds is 6. The highest BCUT2D eigenvalue weighted by atomic mass is 127. The van der Waals surface area contributed by atoms with E-state index in [4.69, 9.17) is 16.3 Å². The van der Waals surface area contributed by atoms with Crippen LogP contribution in [0.2, 0.25) is 5.02 Å². The first kappa shape index (κ1) is 23.8. The van der Waals surface area contributed by atoms with Gasteiger partial charge in [-0.05, 0) is 25.1 Å². The summed E-state index contributed by atoms with van der Waals surface area (Å²) in [5.41, 5.74) is -0.884. The van der Waals surface area contributed by atoms with Gasteiger partial charge in [0.2, 0.25) is 0 Å². The highest BCUT2D eigenvalue weighted by molar-refractivity contribution is 14.0. The van der Waals surface area contributed by atoms with E-state index in [-0.39, 0.29) is 36.6 Å². The Hall–Kier alpha value is -1.27. The molecule has 1 heterocycles. The van der Waals surface area contributed by atoms with Gasteiger partial charge in [-0.25, -0.2) is 4.98 Å². The van der Waals surface area contributed by atoms with Crippen molar-refractivity contribution in [1.82, 2.24) is 15.6 Å². The van der Waals surface area contributed by atoms with Crippen LogP contribution >= 0.6 is 46.9 Å². The van der Waals surface area contributed by atoms with Crippen molar-refractivity contribution in [2.45, 2.75) is 25.7 Å². The molecule has 0 aliphatic heterocycles. The number of hydrogen-bond acceptors (Lipinski definition) is 4. The second kappa shape index (κ2) is 10.9. The minimum absolute atomic E-state index is 0. The normalized spacial score (nSPS) is 12.9. The summed E-state index contributed by atoms with van der Waals surface area (Å²) in [6.45, 7) is 2.46. The third-order valence-corrected chi connectivity index (χ3v) is 4.25. The van der Waals surface area contributed by atoms with Crippen molar-refractivity contribution in [3.05, 3.63) is 45.4 Å². The Morgan fingerprint density at radius 3 is 2.70 bits per heavy atom. The lowest BCUT2D eigenvalue weighted by Gasteiger charge is -2.17. The molecule has 1 aromatic carbocycles. The first-order valence-electron chi connectivity index (χ1n) is 7.66. The number of halogens is 5. The first-order valence-corrected chi connectivity index (χ1v) is 8.92. The molecule has 27 heavy (non-hydrogen) atoms. The van der Waals surface area contributed by atoms with Crippen LogP contribution in [0, 0.1) is 0 Å². The summed E-state index contributed by atoms with van der Waals surface area (Å²) in [7, 11) is 1.57. The number of thiazole rings is 1. The van der Waals surface area contributed by atoms with E-state index in [0.717, 1.165) is 16.7 Å². The zero-order chi connectivity index (χ0) is 19.2. The highest BCUT2D eigenvalue weighted by Gasteiger charge is 2.33. The lowest BCUT2D eigenvalue weighted by molar-refractivity contribution is -0.140. The van der Waals surface area contributed by atoms with Gasteiger partial charge in [0, 0.05) is 17.5 Å². The third kappa shape index (κ3) is 8.09. The number of aromatic nitrogens is 1. The van der Waals surface area contributed by atoms with E-state index in [2.05, 4.69) is 20.6 Å². The van der Waals surface area contributed by atoms with Gasteiger partial charge in [-0.3, -0.25) is 4.99 Å². The monoisotopic (exact) mass is 534 g/mol. The fourth-order valence-corrected chi connectivity index (χ4v) is 2.88. The van der Waals surface area contributed by atoms with Crippen LogP contribution in [-0.4, -0.2) is 30.6 Å². The SMILES string of the molecule is CN=C(NCc1nc(C(F)(F)F)cs1)NCC(C)Oc1cccc(Cl)c1.I. The van der Waals surface area contributed by atoms with E-state index in [1.807, 2.05) is 6.92 Å². The summed E-state index contributed by atoms with van der Waals surface area (Å²) >= 11 is 6.85. The van der Waals surface area contributed by atoms with Crippen molar-refractivity contribution < 1.29 is 17.9 Å². The van der Waals surface area contributed by atoms with E-state index >= 15 is 0 Å². The number of guanidine groups is 1. The number of nitrogens with one attached hydrogen (secondary N) is 2. The molecule has 2 rings (SSSR count). The Morgan fingerprint density at radius 2 is 2.11 bits per heavy atom. The maximum atomic E-state index is 12.5. The second-order valence-electron chi connectivity index (χ2n) is 5.32. The zero-order valence-corrected chi connectivity index (χ0v) is 18.4. The summed E-state index contributed by atoms with van der Waals surface area (Å²) in [5.74, 6) is 1.09. The maximum Gasteiger partial charge on any atom is 0.434 e. The third-order valence-electron chi connectivity index (χ3n) is 3.16. The van der Waals surface area contributed by atoms with E-state index in [9.17, 15) is 13.2 Å². The number of aliphatic imine (C=N–C) groups is 1. The van der Waals surface area contributed by atoms with Crippen molar-refractivity contribution in [2.24, 2.45) is 4.99 Å². The average Bonchev–Trinajstić information content (AvgIpc) is 3.04. The van der Waals surface area contributed by atoms with Crippen LogP contribution in [0.4, 0.5) is 13.2 Å². The van der Waals surface area contributed by atoms with Crippen LogP contribution in [-0.2, 0) is 12.7 Å². The van der Waals surface area contributed by atoms with Crippen LogP contribution in [0.15, 0.2) is 34.6 Å². The molecule has 1 unspecified atom stereocenters. The standard InChI is InChI=1S/C16H18ClF3N4OS.HI/c1-10(25-12-5-3-4-11(17)6-12)7-22-15(21-2)23-8-14-24-13(9-26-14)16(18,19)20;/h3-6,9-10H,7-8H2,1-2H3,(H2,21,22,23);1H. The quantitative estimate of drug-likeness (QED) is 0.324. The topological polar surface area (TPSA) is 58.5 Å². The molecule has 11 heteroatoms. The molecule has 0 saturated carbocycles. The van der Waals surface area contributed by atoms with Gasteiger partial charge < -0.3 is 15.4 Å². The minimum Gasteiger partial charge on any atom is -0.489 e. The smallest absolute Gasteiger partial charge is 0.434 e. The van der Waals surface area contributed by atoms with E-state index in [1.165, 1.54) is 0 Å². The van der Waals surface area contributed by atoms with Crippen LogP contribution in [0.3, 0.4) is 0 Å². The molecular weight excluding hydrogens is 516 g/mol. The number of benzene rings is 1. The molecule has 2 N–H and O–H groups in total.